The van der Waals surface area contributed by atoms with Gasteiger partial charge in [0.15, 0.2) is 0 Å². The summed E-state index contributed by atoms with van der Waals surface area (Å²) in [6.07, 6.45) is 7.42. The highest BCUT2D eigenvalue weighted by atomic mass is 35.5. The third-order valence-electron chi connectivity index (χ3n) is 9.84. The number of halogens is 3. The lowest BCUT2D eigenvalue weighted by Gasteiger charge is -2.48. The van der Waals surface area contributed by atoms with E-state index in [4.69, 9.17) is 27.9 Å². The Balaban J connectivity index is 1.63. The molecule has 42 heavy (non-hydrogen) atoms. The Kier molecular flexibility index (Phi) is 9.16. The van der Waals surface area contributed by atoms with Crippen molar-refractivity contribution in [1.29, 1.82) is 0 Å². The third-order valence-corrected chi connectivity index (χ3v) is 10.4. The number of rotatable bonds is 7. The Morgan fingerprint density at radius 3 is 2.43 bits per heavy atom. The molecule has 2 saturated carbocycles. The van der Waals surface area contributed by atoms with E-state index in [9.17, 15) is 14.4 Å². The minimum Gasteiger partial charge on any atom is -0.469 e. The standard InChI is InChI=1S/C32H38Cl2FN3O4/c1-36-25-17-20(33)11-14-23(25)32(18-39)26(22-7-6-8-24(34)27(22)35)28(38-31(32)15-4-3-5-16-31)29(40)37-21-12-9-19(10-13-21)30(41)42-2/h6-8,11,14,17-19,21,26,28,36,38H,3-5,9-10,12-13,15-16H2,1-2H3,(H,37,40)/t19?,21?,26-,28?,32+/m0/s1. The molecule has 226 valence electrons. The molecule has 2 aliphatic carbocycles. The first-order valence-electron chi connectivity index (χ1n) is 14.7. The zero-order valence-electron chi connectivity index (χ0n) is 24.0. The van der Waals surface area contributed by atoms with Crippen molar-refractivity contribution >= 4 is 47.1 Å². The lowest BCUT2D eigenvalue weighted by molar-refractivity contribution is -0.146. The van der Waals surface area contributed by atoms with Crippen LogP contribution >= 0.6 is 23.2 Å². The zero-order valence-corrected chi connectivity index (χ0v) is 25.5. The Morgan fingerprint density at radius 1 is 1.07 bits per heavy atom. The molecular weight excluding hydrogens is 580 g/mol. The Labute approximate surface area is 256 Å². The van der Waals surface area contributed by atoms with Crippen molar-refractivity contribution in [3.63, 3.8) is 0 Å². The number of esters is 1. The maximum Gasteiger partial charge on any atom is 0.308 e. The van der Waals surface area contributed by atoms with Gasteiger partial charge < -0.3 is 20.2 Å². The van der Waals surface area contributed by atoms with E-state index in [0.29, 0.717) is 54.8 Å². The highest BCUT2D eigenvalue weighted by Crippen LogP contribution is 2.59. The molecular formula is C32H38Cl2FN3O4. The van der Waals surface area contributed by atoms with Crippen LogP contribution < -0.4 is 16.0 Å². The van der Waals surface area contributed by atoms with Crippen LogP contribution in [0.3, 0.4) is 0 Å². The van der Waals surface area contributed by atoms with E-state index < -0.39 is 28.7 Å². The molecule has 7 nitrogen and oxygen atoms in total. The van der Waals surface area contributed by atoms with Crippen molar-refractivity contribution in [3.8, 4) is 0 Å². The molecule has 0 radical (unpaired) electrons. The molecule has 3 N–H and O–H groups in total. The fraction of sp³-hybridized carbons (Fsp3) is 0.531. The quantitative estimate of drug-likeness (QED) is 0.264. The molecule has 1 heterocycles. The predicted octanol–water partition coefficient (Wildman–Crippen LogP) is 5.92. The number of aldehydes is 1. The first kappa shape index (κ1) is 30.8. The van der Waals surface area contributed by atoms with Crippen LogP contribution in [0.5, 0.6) is 0 Å². The topological polar surface area (TPSA) is 96.5 Å². The van der Waals surface area contributed by atoms with Gasteiger partial charge in [0.05, 0.1) is 29.5 Å². The number of hydrogen-bond acceptors (Lipinski definition) is 6. The van der Waals surface area contributed by atoms with Crippen LogP contribution in [0.15, 0.2) is 36.4 Å². The summed E-state index contributed by atoms with van der Waals surface area (Å²) in [4.78, 5) is 40.1. The van der Waals surface area contributed by atoms with Crippen LogP contribution in [0, 0.1) is 11.7 Å². The van der Waals surface area contributed by atoms with Crippen LogP contribution in [0.2, 0.25) is 10.0 Å². The Hall–Kier alpha value is -2.68. The molecule has 10 heteroatoms. The van der Waals surface area contributed by atoms with Crippen LogP contribution in [0.1, 0.15) is 74.8 Å². The molecule has 0 bridgehead atoms. The molecule has 3 fully saturated rings. The molecule has 2 aromatic carbocycles. The van der Waals surface area contributed by atoms with E-state index in [0.717, 1.165) is 25.5 Å². The number of hydrogen-bond donors (Lipinski definition) is 3. The predicted molar refractivity (Wildman–Crippen MR) is 162 cm³/mol. The van der Waals surface area contributed by atoms with E-state index >= 15 is 4.39 Å². The second-order valence-electron chi connectivity index (χ2n) is 11.9. The highest BCUT2D eigenvalue weighted by molar-refractivity contribution is 6.31. The van der Waals surface area contributed by atoms with Crippen LogP contribution in [0.25, 0.3) is 0 Å². The SMILES string of the molecule is CNc1cc(Cl)ccc1[C@]1(C=O)[C@@H](c2cccc(Cl)c2F)C(C(=O)NC2CCC(C(=O)OC)CC2)NC12CCCCC2. The second-order valence-corrected chi connectivity index (χ2v) is 12.7. The number of nitrogens with one attached hydrogen (secondary N) is 3. The average molecular weight is 619 g/mol. The normalized spacial score (nSPS) is 28.7. The molecule has 1 aliphatic heterocycles. The molecule has 3 atom stereocenters. The number of benzene rings is 2. The molecule has 2 aromatic rings. The minimum absolute atomic E-state index is 0.0675. The largest absolute Gasteiger partial charge is 0.469 e. The van der Waals surface area contributed by atoms with Gasteiger partial charge in [0.1, 0.15) is 12.1 Å². The van der Waals surface area contributed by atoms with Crippen molar-refractivity contribution in [2.75, 3.05) is 19.5 Å². The summed E-state index contributed by atoms with van der Waals surface area (Å²) in [5, 5.41) is 10.4. The third kappa shape index (κ3) is 5.20. The van der Waals surface area contributed by atoms with E-state index in [2.05, 4.69) is 16.0 Å². The summed E-state index contributed by atoms with van der Waals surface area (Å²) in [6, 6.07) is 9.01. The van der Waals surface area contributed by atoms with Crippen molar-refractivity contribution < 1.29 is 23.5 Å². The van der Waals surface area contributed by atoms with Gasteiger partial charge in [0.2, 0.25) is 5.91 Å². The number of carbonyl (C=O) groups is 3. The number of ether oxygens (including phenoxy) is 1. The fourth-order valence-electron chi connectivity index (χ4n) is 7.87. The summed E-state index contributed by atoms with van der Waals surface area (Å²) in [7, 11) is 3.14. The first-order valence-corrected chi connectivity index (χ1v) is 15.5. The summed E-state index contributed by atoms with van der Waals surface area (Å²) < 4.78 is 20.9. The van der Waals surface area contributed by atoms with E-state index in [1.807, 2.05) is 6.07 Å². The monoisotopic (exact) mass is 617 g/mol. The molecule has 1 saturated heterocycles. The summed E-state index contributed by atoms with van der Waals surface area (Å²) in [5.41, 5.74) is -0.591. The molecule has 3 aliphatic rings. The number of amides is 1. The minimum atomic E-state index is -1.31. The van der Waals surface area contributed by atoms with Gasteiger partial charge in [0, 0.05) is 35.3 Å². The molecule has 1 unspecified atom stereocenters. The van der Waals surface area contributed by atoms with E-state index in [-0.39, 0.29) is 34.4 Å². The maximum absolute atomic E-state index is 16.0. The number of methoxy groups -OCH3 is 1. The maximum atomic E-state index is 16.0. The van der Waals surface area contributed by atoms with Crippen molar-refractivity contribution in [3.05, 3.63) is 63.4 Å². The van der Waals surface area contributed by atoms with Crippen LogP contribution in [-0.4, -0.2) is 49.9 Å². The second kappa shape index (κ2) is 12.5. The average Bonchev–Trinajstić information content (AvgIpc) is 3.28. The highest BCUT2D eigenvalue weighted by Gasteiger charge is 2.67. The molecule has 0 aromatic heterocycles. The summed E-state index contributed by atoms with van der Waals surface area (Å²) in [5.74, 6) is -2.24. The van der Waals surface area contributed by atoms with Gasteiger partial charge in [-0.05, 0) is 67.9 Å². The summed E-state index contributed by atoms with van der Waals surface area (Å²) >= 11 is 12.7. The zero-order chi connectivity index (χ0) is 30.1. The Morgan fingerprint density at radius 2 is 1.79 bits per heavy atom. The summed E-state index contributed by atoms with van der Waals surface area (Å²) in [6.45, 7) is 0. The number of carbonyl (C=O) groups excluding carboxylic acids is 3. The lowest BCUT2D eigenvalue weighted by atomic mass is 9.55. The van der Waals surface area contributed by atoms with Crippen molar-refractivity contribution in [2.24, 2.45) is 5.92 Å². The van der Waals surface area contributed by atoms with E-state index in [1.54, 1.807) is 31.3 Å². The van der Waals surface area contributed by atoms with Crippen LogP contribution in [-0.2, 0) is 24.5 Å². The van der Waals surface area contributed by atoms with Crippen LogP contribution in [0.4, 0.5) is 10.1 Å². The molecule has 1 spiro atoms. The van der Waals surface area contributed by atoms with Gasteiger partial charge >= 0.3 is 5.97 Å². The lowest BCUT2D eigenvalue weighted by Crippen LogP contribution is -2.58. The number of anilines is 1. The first-order chi connectivity index (χ1) is 20.2. The van der Waals surface area contributed by atoms with Crippen molar-refractivity contribution in [1.82, 2.24) is 10.6 Å². The van der Waals surface area contributed by atoms with Gasteiger partial charge in [-0.1, -0.05) is 60.7 Å². The van der Waals surface area contributed by atoms with Gasteiger partial charge in [-0.25, -0.2) is 4.39 Å². The van der Waals surface area contributed by atoms with Crippen molar-refractivity contribution in [2.45, 2.75) is 86.7 Å². The van der Waals surface area contributed by atoms with E-state index in [1.165, 1.54) is 13.2 Å². The van der Waals surface area contributed by atoms with Gasteiger partial charge in [-0.3, -0.25) is 14.9 Å². The molecule has 5 rings (SSSR count). The molecule has 1 amide bonds. The fourth-order valence-corrected chi connectivity index (χ4v) is 8.22. The van der Waals surface area contributed by atoms with Gasteiger partial charge in [-0.2, -0.15) is 0 Å². The van der Waals surface area contributed by atoms with Gasteiger partial charge in [0.25, 0.3) is 0 Å². The smallest absolute Gasteiger partial charge is 0.308 e. The Bertz CT molecular complexity index is 1340. The van der Waals surface area contributed by atoms with Gasteiger partial charge in [-0.15, -0.1) is 0 Å².